The third kappa shape index (κ3) is 2.02. The lowest BCUT2D eigenvalue weighted by Gasteiger charge is -2.11. The zero-order chi connectivity index (χ0) is 13.6. The molecule has 1 aromatic carbocycles. The van der Waals surface area contributed by atoms with Gasteiger partial charge < -0.3 is 5.11 Å². The first kappa shape index (κ1) is 12.2. The van der Waals surface area contributed by atoms with Gasteiger partial charge in [-0.15, -0.1) is 0 Å². The Bertz CT molecular complexity index is 659. The number of benzene rings is 1. The molecule has 1 N–H and O–H groups in total. The van der Waals surface area contributed by atoms with Crippen molar-refractivity contribution < 1.29 is 9.90 Å². The Kier molecular flexibility index (Phi) is 2.82. The van der Waals surface area contributed by atoms with Crippen molar-refractivity contribution in [3.05, 3.63) is 46.2 Å². The zero-order valence-electron chi connectivity index (χ0n) is 10.4. The van der Waals surface area contributed by atoms with Crippen LogP contribution in [0.5, 0.6) is 0 Å². The predicted molar refractivity (Wildman–Crippen MR) is 72.2 cm³/mol. The van der Waals surface area contributed by atoms with E-state index in [0.717, 1.165) is 29.8 Å². The molecule has 1 aliphatic carbocycles. The van der Waals surface area contributed by atoms with Crippen LogP contribution in [0.15, 0.2) is 24.4 Å². The van der Waals surface area contributed by atoms with E-state index in [1.165, 1.54) is 6.20 Å². The number of aromatic nitrogens is 2. The molecule has 0 unspecified atom stereocenters. The Hall–Kier alpha value is -1.81. The molecule has 0 atom stereocenters. The van der Waals surface area contributed by atoms with Gasteiger partial charge in [-0.1, -0.05) is 17.7 Å². The van der Waals surface area contributed by atoms with Crippen LogP contribution in [0.1, 0.15) is 40.4 Å². The standard InChI is InChI=1S/C14H13ClN2O2/c1-8-11(15)3-2-4-12(8)17-13(9-5-6-9)10(7-16-17)14(18)19/h2-4,7,9H,5-6H2,1H3,(H,18,19). The van der Waals surface area contributed by atoms with Gasteiger partial charge in [0.25, 0.3) is 0 Å². The highest BCUT2D eigenvalue weighted by atomic mass is 35.5. The highest BCUT2D eigenvalue weighted by molar-refractivity contribution is 6.31. The molecule has 3 rings (SSSR count). The van der Waals surface area contributed by atoms with Crippen molar-refractivity contribution >= 4 is 17.6 Å². The largest absolute Gasteiger partial charge is 0.478 e. The number of halogens is 1. The average molecular weight is 277 g/mol. The third-order valence-corrected chi connectivity index (χ3v) is 3.88. The van der Waals surface area contributed by atoms with Gasteiger partial charge in [0, 0.05) is 10.9 Å². The van der Waals surface area contributed by atoms with Crippen LogP contribution in [0.25, 0.3) is 5.69 Å². The normalized spacial score (nSPS) is 14.6. The summed E-state index contributed by atoms with van der Waals surface area (Å²) in [4.78, 5) is 11.3. The summed E-state index contributed by atoms with van der Waals surface area (Å²) in [6.45, 7) is 1.91. The number of aromatic carboxylic acids is 1. The lowest BCUT2D eigenvalue weighted by molar-refractivity contribution is 0.0695. The molecule has 0 spiro atoms. The number of carboxylic acids is 1. The fourth-order valence-electron chi connectivity index (χ4n) is 2.29. The number of rotatable bonds is 3. The van der Waals surface area contributed by atoms with Crippen LogP contribution in [-0.4, -0.2) is 20.9 Å². The molecule has 4 nitrogen and oxygen atoms in total. The van der Waals surface area contributed by atoms with Crippen LogP contribution in [0.4, 0.5) is 0 Å². The van der Waals surface area contributed by atoms with Gasteiger partial charge in [0.1, 0.15) is 5.56 Å². The van der Waals surface area contributed by atoms with E-state index in [2.05, 4.69) is 5.10 Å². The number of hydrogen-bond acceptors (Lipinski definition) is 2. The molecule has 0 aliphatic heterocycles. The quantitative estimate of drug-likeness (QED) is 0.935. The Labute approximate surface area is 115 Å². The summed E-state index contributed by atoms with van der Waals surface area (Å²) < 4.78 is 1.72. The van der Waals surface area contributed by atoms with Crippen molar-refractivity contribution in [3.63, 3.8) is 0 Å². The molecular weight excluding hydrogens is 264 g/mol. The molecule has 19 heavy (non-hydrogen) atoms. The minimum absolute atomic E-state index is 0.293. The minimum atomic E-state index is -0.923. The fraction of sp³-hybridized carbons (Fsp3) is 0.286. The van der Waals surface area contributed by atoms with Gasteiger partial charge in [0.15, 0.2) is 0 Å². The fourth-order valence-corrected chi connectivity index (χ4v) is 2.46. The van der Waals surface area contributed by atoms with Gasteiger partial charge in [-0.3, -0.25) is 0 Å². The first-order chi connectivity index (χ1) is 9.09. The lowest BCUT2D eigenvalue weighted by Crippen LogP contribution is -2.07. The second-order valence-corrected chi connectivity index (χ2v) is 5.23. The minimum Gasteiger partial charge on any atom is -0.478 e. The number of hydrogen-bond donors (Lipinski definition) is 1. The Balaban J connectivity index is 2.20. The summed E-state index contributed by atoms with van der Waals surface area (Å²) in [5.41, 5.74) is 2.84. The summed E-state index contributed by atoms with van der Waals surface area (Å²) in [5, 5.41) is 14.2. The monoisotopic (exact) mass is 276 g/mol. The molecule has 1 saturated carbocycles. The average Bonchev–Trinajstić information content (AvgIpc) is 3.11. The number of carbonyl (C=O) groups is 1. The maximum Gasteiger partial charge on any atom is 0.339 e. The molecule has 1 aromatic heterocycles. The van der Waals surface area contributed by atoms with Crippen molar-refractivity contribution in [3.8, 4) is 5.69 Å². The van der Waals surface area contributed by atoms with Crippen LogP contribution < -0.4 is 0 Å². The van der Waals surface area contributed by atoms with E-state index in [4.69, 9.17) is 11.6 Å². The molecule has 0 bridgehead atoms. The van der Waals surface area contributed by atoms with Gasteiger partial charge >= 0.3 is 5.97 Å². The number of carboxylic acid groups (broad SMARTS) is 1. The maximum atomic E-state index is 11.3. The lowest BCUT2D eigenvalue weighted by atomic mass is 10.1. The summed E-state index contributed by atoms with van der Waals surface area (Å²) in [6, 6.07) is 5.58. The van der Waals surface area contributed by atoms with Crippen molar-refractivity contribution in [1.82, 2.24) is 9.78 Å². The van der Waals surface area contributed by atoms with Crippen LogP contribution >= 0.6 is 11.6 Å². The molecular formula is C14H13ClN2O2. The van der Waals surface area contributed by atoms with Crippen molar-refractivity contribution in [2.45, 2.75) is 25.7 Å². The van der Waals surface area contributed by atoms with E-state index in [-0.39, 0.29) is 0 Å². The van der Waals surface area contributed by atoms with Gasteiger partial charge in [0.05, 0.1) is 17.6 Å². The summed E-state index contributed by atoms with van der Waals surface area (Å²) in [5.74, 6) is -0.625. The molecule has 0 radical (unpaired) electrons. The SMILES string of the molecule is Cc1c(Cl)cccc1-n1ncc(C(=O)O)c1C1CC1. The third-order valence-electron chi connectivity index (χ3n) is 3.47. The second-order valence-electron chi connectivity index (χ2n) is 4.82. The van der Waals surface area contributed by atoms with Crippen molar-refractivity contribution in [2.24, 2.45) is 0 Å². The summed E-state index contributed by atoms with van der Waals surface area (Å²) in [7, 11) is 0. The van der Waals surface area contributed by atoms with E-state index in [0.29, 0.717) is 16.5 Å². The molecule has 0 amide bonds. The highest BCUT2D eigenvalue weighted by Crippen LogP contribution is 2.42. The van der Waals surface area contributed by atoms with E-state index in [1.54, 1.807) is 4.68 Å². The number of nitrogens with zero attached hydrogens (tertiary/aromatic N) is 2. The van der Waals surface area contributed by atoms with Crippen LogP contribution in [0, 0.1) is 6.92 Å². The van der Waals surface area contributed by atoms with E-state index >= 15 is 0 Å². The van der Waals surface area contributed by atoms with Crippen LogP contribution in [-0.2, 0) is 0 Å². The van der Waals surface area contributed by atoms with Gasteiger partial charge in [0.2, 0.25) is 0 Å². The Morgan fingerprint density at radius 3 is 2.84 bits per heavy atom. The van der Waals surface area contributed by atoms with Gasteiger partial charge in [-0.2, -0.15) is 5.10 Å². The predicted octanol–water partition coefficient (Wildman–Crippen LogP) is 3.41. The molecule has 0 saturated heterocycles. The Morgan fingerprint density at radius 1 is 1.47 bits per heavy atom. The van der Waals surface area contributed by atoms with E-state index in [1.807, 2.05) is 25.1 Å². The molecule has 1 aliphatic rings. The summed E-state index contributed by atoms with van der Waals surface area (Å²) >= 11 is 6.12. The van der Waals surface area contributed by atoms with Crippen LogP contribution in [0.2, 0.25) is 5.02 Å². The maximum absolute atomic E-state index is 11.3. The van der Waals surface area contributed by atoms with Gasteiger partial charge in [-0.05, 0) is 37.5 Å². The second kappa shape index (κ2) is 4.38. The first-order valence-electron chi connectivity index (χ1n) is 6.16. The van der Waals surface area contributed by atoms with E-state index in [9.17, 15) is 9.90 Å². The highest BCUT2D eigenvalue weighted by Gasteiger charge is 2.33. The van der Waals surface area contributed by atoms with Crippen molar-refractivity contribution in [1.29, 1.82) is 0 Å². The van der Waals surface area contributed by atoms with E-state index < -0.39 is 5.97 Å². The topological polar surface area (TPSA) is 55.1 Å². The molecule has 1 fully saturated rings. The molecule has 5 heteroatoms. The smallest absolute Gasteiger partial charge is 0.339 e. The van der Waals surface area contributed by atoms with Gasteiger partial charge in [-0.25, -0.2) is 9.48 Å². The van der Waals surface area contributed by atoms with Crippen molar-refractivity contribution in [2.75, 3.05) is 0 Å². The first-order valence-corrected chi connectivity index (χ1v) is 6.54. The van der Waals surface area contributed by atoms with Crippen LogP contribution in [0.3, 0.4) is 0 Å². The zero-order valence-corrected chi connectivity index (χ0v) is 11.2. The Morgan fingerprint density at radius 2 is 2.21 bits per heavy atom. The molecule has 98 valence electrons. The summed E-state index contributed by atoms with van der Waals surface area (Å²) in [6.07, 6.45) is 3.47. The molecule has 2 aromatic rings. The molecule has 1 heterocycles.